The summed E-state index contributed by atoms with van der Waals surface area (Å²) in [4.78, 5) is 11.5. The molecule has 3 heterocycles. The van der Waals surface area contributed by atoms with Crippen LogP contribution in [0, 0.1) is 20.8 Å². The highest BCUT2D eigenvalue weighted by atomic mass is 35.5. The normalized spacial score (nSPS) is 18.9. The van der Waals surface area contributed by atoms with Gasteiger partial charge in [0, 0.05) is 37.7 Å². The highest BCUT2D eigenvalue weighted by Gasteiger charge is 2.40. The molecule has 1 N–H and O–H groups in total. The molecule has 0 aliphatic carbocycles. The summed E-state index contributed by atoms with van der Waals surface area (Å²) in [6.45, 7) is 9.12. The van der Waals surface area contributed by atoms with Crippen molar-refractivity contribution >= 4 is 29.1 Å². The molecule has 2 aromatic rings. The first-order valence-corrected chi connectivity index (χ1v) is 9.74. The van der Waals surface area contributed by atoms with Crippen molar-refractivity contribution in [1.29, 1.82) is 0 Å². The van der Waals surface area contributed by atoms with E-state index in [-0.39, 0.29) is 5.79 Å². The summed E-state index contributed by atoms with van der Waals surface area (Å²) >= 11 is 6.43. The lowest BCUT2D eigenvalue weighted by atomic mass is 10.0. The average molecular weight is 389 g/mol. The minimum atomic E-state index is -0.383. The number of nitrogens with zero attached hydrogens (tertiary/aromatic N) is 3. The van der Waals surface area contributed by atoms with E-state index in [1.54, 1.807) is 0 Å². The van der Waals surface area contributed by atoms with E-state index < -0.39 is 0 Å². The molecule has 0 bridgehead atoms. The zero-order valence-electron chi connectivity index (χ0n) is 16.0. The molecule has 0 atom stereocenters. The molecule has 0 saturated carbocycles. The molecule has 0 unspecified atom stereocenters. The third-order valence-electron chi connectivity index (χ3n) is 5.17. The van der Waals surface area contributed by atoms with Crippen LogP contribution in [0.3, 0.4) is 0 Å². The molecule has 6 nitrogen and oxygen atoms in total. The minimum absolute atomic E-state index is 0.383. The van der Waals surface area contributed by atoms with Crippen molar-refractivity contribution < 1.29 is 9.47 Å². The molecule has 4 rings (SSSR count). The Morgan fingerprint density at radius 1 is 1.04 bits per heavy atom. The Kier molecular flexibility index (Phi) is 4.97. The van der Waals surface area contributed by atoms with Gasteiger partial charge < -0.3 is 19.7 Å². The maximum Gasteiger partial charge on any atom is 0.229 e. The molecule has 144 valence electrons. The van der Waals surface area contributed by atoms with Crippen LogP contribution in [0.1, 0.15) is 29.7 Å². The SMILES string of the molecule is Cc1cc(C)c(Nc2nc(C)cc(N3CCC4(CC3)OCCO4)n2)c(Cl)c1. The molecule has 2 fully saturated rings. The lowest BCUT2D eigenvalue weighted by Crippen LogP contribution is -2.45. The molecule has 1 aromatic heterocycles. The van der Waals surface area contributed by atoms with Crippen molar-refractivity contribution in [2.75, 3.05) is 36.5 Å². The summed E-state index contributed by atoms with van der Waals surface area (Å²) in [5.41, 5.74) is 3.97. The average Bonchev–Trinajstić information content (AvgIpc) is 3.06. The topological polar surface area (TPSA) is 59.5 Å². The van der Waals surface area contributed by atoms with E-state index in [1.807, 2.05) is 32.9 Å². The van der Waals surface area contributed by atoms with E-state index >= 15 is 0 Å². The fourth-order valence-electron chi connectivity index (χ4n) is 3.82. The number of anilines is 3. The van der Waals surface area contributed by atoms with E-state index in [0.29, 0.717) is 24.2 Å². The van der Waals surface area contributed by atoms with Crippen molar-refractivity contribution in [2.24, 2.45) is 0 Å². The summed E-state index contributed by atoms with van der Waals surface area (Å²) in [5.74, 6) is 1.10. The molecule has 27 heavy (non-hydrogen) atoms. The van der Waals surface area contributed by atoms with E-state index in [2.05, 4.69) is 21.3 Å². The third kappa shape index (κ3) is 3.88. The van der Waals surface area contributed by atoms with Gasteiger partial charge in [0.05, 0.1) is 23.9 Å². The van der Waals surface area contributed by atoms with Crippen molar-refractivity contribution in [3.63, 3.8) is 0 Å². The number of piperidine rings is 1. The number of halogens is 1. The Bertz CT molecular complexity index is 819. The first-order chi connectivity index (χ1) is 12.9. The Balaban J connectivity index is 1.54. The number of benzene rings is 1. The number of rotatable bonds is 3. The number of hydrogen-bond acceptors (Lipinski definition) is 6. The third-order valence-corrected chi connectivity index (χ3v) is 5.47. The van der Waals surface area contributed by atoms with Gasteiger partial charge in [0.15, 0.2) is 5.79 Å². The van der Waals surface area contributed by atoms with Gasteiger partial charge in [-0.05, 0) is 38.0 Å². The monoisotopic (exact) mass is 388 g/mol. The van der Waals surface area contributed by atoms with E-state index in [1.165, 1.54) is 0 Å². The molecule has 0 radical (unpaired) electrons. The van der Waals surface area contributed by atoms with E-state index in [0.717, 1.165) is 54.3 Å². The molecule has 1 spiro atoms. The van der Waals surface area contributed by atoms with Crippen LogP contribution in [-0.4, -0.2) is 42.1 Å². The van der Waals surface area contributed by atoms with E-state index in [9.17, 15) is 0 Å². The number of aryl methyl sites for hydroxylation is 3. The van der Waals surface area contributed by atoms with Gasteiger partial charge in [-0.2, -0.15) is 4.98 Å². The molecule has 2 saturated heterocycles. The second-order valence-electron chi connectivity index (χ2n) is 7.35. The summed E-state index contributed by atoms with van der Waals surface area (Å²) in [6.07, 6.45) is 1.70. The highest BCUT2D eigenvalue weighted by Crippen LogP contribution is 2.34. The number of aromatic nitrogens is 2. The predicted molar refractivity (Wildman–Crippen MR) is 107 cm³/mol. The second-order valence-corrected chi connectivity index (χ2v) is 7.76. The van der Waals surface area contributed by atoms with Crippen LogP contribution < -0.4 is 10.2 Å². The van der Waals surface area contributed by atoms with Crippen molar-refractivity contribution in [2.45, 2.75) is 39.4 Å². The molecule has 7 heteroatoms. The quantitative estimate of drug-likeness (QED) is 0.852. The lowest BCUT2D eigenvalue weighted by Gasteiger charge is -2.38. The number of hydrogen-bond donors (Lipinski definition) is 1. The Labute approximate surface area is 164 Å². The first kappa shape index (κ1) is 18.5. The Morgan fingerprint density at radius 2 is 1.74 bits per heavy atom. The van der Waals surface area contributed by atoms with Gasteiger partial charge in [-0.15, -0.1) is 0 Å². The Hall–Kier alpha value is -1.89. The van der Waals surface area contributed by atoms with Crippen molar-refractivity contribution in [3.8, 4) is 0 Å². The standard InChI is InChI=1S/C20H25ClN4O2/c1-13-10-14(2)18(16(21)11-13)24-19-22-15(3)12-17(23-19)25-6-4-20(5-7-25)26-8-9-27-20/h10-12H,4-9H2,1-3H3,(H,22,23,24). The highest BCUT2D eigenvalue weighted by molar-refractivity contribution is 6.33. The van der Waals surface area contributed by atoms with Crippen LogP contribution in [0.2, 0.25) is 5.02 Å². The largest absolute Gasteiger partial charge is 0.356 e. The number of ether oxygens (including phenoxy) is 2. The van der Waals surface area contributed by atoms with Crippen LogP contribution in [0.4, 0.5) is 17.5 Å². The fraction of sp³-hybridized carbons (Fsp3) is 0.500. The Morgan fingerprint density at radius 3 is 2.41 bits per heavy atom. The van der Waals surface area contributed by atoms with Gasteiger partial charge in [0.25, 0.3) is 0 Å². The molecular weight excluding hydrogens is 364 g/mol. The lowest BCUT2D eigenvalue weighted by molar-refractivity contribution is -0.169. The molecule has 1 aromatic carbocycles. The van der Waals surface area contributed by atoms with Crippen LogP contribution in [0.15, 0.2) is 18.2 Å². The summed E-state index contributed by atoms with van der Waals surface area (Å²) in [6, 6.07) is 6.05. The maximum absolute atomic E-state index is 6.43. The zero-order valence-corrected chi connectivity index (χ0v) is 16.8. The van der Waals surface area contributed by atoms with Crippen molar-refractivity contribution in [1.82, 2.24) is 9.97 Å². The fourth-order valence-corrected chi connectivity index (χ4v) is 4.19. The van der Waals surface area contributed by atoms with Crippen LogP contribution in [-0.2, 0) is 9.47 Å². The van der Waals surface area contributed by atoms with Gasteiger partial charge in [-0.1, -0.05) is 17.7 Å². The smallest absolute Gasteiger partial charge is 0.229 e. The van der Waals surface area contributed by atoms with Gasteiger partial charge in [0.2, 0.25) is 5.95 Å². The molecular formula is C20H25ClN4O2. The summed E-state index contributed by atoms with van der Waals surface area (Å²) in [5, 5.41) is 3.98. The predicted octanol–water partition coefficient (Wildman–Crippen LogP) is 4.14. The molecule has 0 amide bonds. The number of nitrogens with one attached hydrogen (secondary N) is 1. The molecule has 2 aliphatic rings. The summed E-state index contributed by atoms with van der Waals surface area (Å²) in [7, 11) is 0. The zero-order chi connectivity index (χ0) is 19.0. The van der Waals surface area contributed by atoms with Crippen LogP contribution in [0.5, 0.6) is 0 Å². The maximum atomic E-state index is 6.43. The van der Waals surface area contributed by atoms with Crippen molar-refractivity contribution in [3.05, 3.63) is 40.0 Å². The van der Waals surface area contributed by atoms with Gasteiger partial charge in [-0.3, -0.25) is 0 Å². The second kappa shape index (κ2) is 7.26. The van der Waals surface area contributed by atoms with Crippen LogP contribution in [0.25, 0.3) is 0 Å². The van der Waals surface area contributed by atoms with Gasteiger partial charge in [-0.25, -0.2) is 4.98 Å². The van der Waals surface area contributed by atoms with Gasteiger partial charge >= 0.3 is 0 Å². The molecule has 2 aliphatic heterocycles. The minimum Gasteiger partial charge on any atom is -0.356 e. The summed E-state index contributed by atoms with van der Waals surface area (Å²) < 4.78 is 11.6. The van der Waals surface area contributed by atoms with E-state index in [4.69, 9.17) is 26.1 Å². The van der Waals surface area contributed by atoms with Crippen LogP contribution >= 0.6 is 11.6 Å². The first-order valence-electron chi connectivity index (χ1n) is 9.36. The van der Waals surface area contributed by atoms with Gasteiger partial charge in [0.1, 0.15) is 5.82 Å².